The average Bonchev–Trinajstić information content (AvgIpc) is 3.03. The van der Waals surface area contributed by atoms with Crippen LogP contribution in [0.1, 0.15) is 41.5 Å². The number of hydrogen-bond donors (Lipinski definition) is 1. The Bertz CT molecular complexity index is 842. The van der Waals surface area contributed by atoms with Gasteiger partial charge in [-0.05, 0) is 68.0 Å². The number of nitrogens with one attached hydrogen (secondary N) is 1. The van der Waals surface area contributed by atoms with E-state index in [0.29, 0.717) is 12.8 Å². The number of nitrogens with zero attached hydrogens (tertiary/aromatic N) is 1. The number of carbonyl (C=O) groups excluding carboxylic acids is 2. The molecule has 3 rings (SSSR count). The molecule has 2 amide bonds. The highest BCUT2D eigenvalue weighted by Gasteiger charge is 2.23. The van der Waals surface area contributed by atoms with Gasteiger partial charge < -0.3 is 10.2 Å². The monoisotopic (exact) mass is 350 g/mol. The third-order valence-electron chi connectivity index (χ3n) is 5.07. The predicted molar refractivity (Wildman–Crippen MR) is 106 cm³/mol. The van der Waals surface area contributed by atoms with Gasteiger partial charge in [-0.15, -0.1) is 0 Å². The highest BCUT2D eigenvalue weighted by atomic mass is 16.2. The molecule has 1 heterocycles. The van der Waals surface area contributed by atoms with Crippen LogP contribution in [-0.2, 0) is 16.0 Å². The van der Waals surface area contributed by atoms with Crippen LogP contribution >= 0.6 is 0 Å². The third-order valence-corrected chi connectivity index (χ3v) is 5.07. The van der Waals surface area contributed by atoms with Crippen molar-refractivity contribution >= 4 is 23.2 Å². The number of aryl methyl sites for hydroxylation is 4. The van der Waals surface area contributed by atoms with Gasteiger partial charge in [0.15, 0.2) is 0 Å². The minimum absolute atomic E-state index is 0.00854. The number of hydrogen-bond acceptors (Lipinski definition) is 2. The zero-order valence-corrected chi connectivity index (χ0v) is 15.8. The molecule has 1 saturated heterocycles. The Morgan fingerprint density at radius 3 is 2.50 bits per heavy atom. The maximum Gasteiger partial charge on any atom is 0.227 e. The lowest BCUT2D eigenvalue weighted by atomic mass is 10.0. The first kappa shape index (κ1) is 18.2. The van der Waals surface area contributed by atoms with E-state index in [1.165, 1.54) is 16.7 Å². The van der Waals surface area contributed by atoms with E-state index in [2.05, 4.69) is 37.4 Å². The topological polar surface area (TPSA) is 49.4 Å². The SMILES string of the molecule is Cc1ccc(CCC(=O)Nc2ccc(C)c(N3CCCC3=O)c2)cc1C. The van der Waals surface area contributed by atoms with Crippen LogP contribution in [0.2, 0.25) is 0 Å². The van der Waals surface area contributed by atoms with Gasteiger partial charge in [-0.1, -0.05) is 24.3 Å². The van der Waals surface area contributed by atoms with Crippen molar-refractivity contribution in [2.24, 2.45) is 0 Å². The van der Waals surface area contributed by atoms with E-state index in [1.54, 1.807) is 0 Å². The molecule has 0 aliphatic carbocycles. The molecule has 1 fully saturated rings. The Kier molecular flexibility index (Phi) is 5.40. The normalized spacial score (nSPS) is 14.0. The molecular weight excluding hydrogens is 324 g/mol. The molecule has 1 aliphatic heterocycles. The first-order valence-electron chi connectivity index (χ1n) is 9.21. The van der Waals surface area contributed by atoms with Crippen molar-refractivity contribution in [3.63, 3.8) is 0 Å². The molecule has 0 unspecified atom stereocenters. The summed E-state index contributed by atoms with van der Waals surface area (Å²) in [6.45, 7) is 6.93. The Labute approximate surface area is 155 Å². The summed E-state index contributed by atoms with van der Waals surface area (Å²) in [6, 6.07) is 12.1. The largest absolute Gasteiger partial charge is 0.326 e. The fraction of sp³-hybridized carbons (Fsp3) is 0.364. The van der Waals surface area contributed by atoms with Crippen LogP contribution < -0.4 is 10.2 Å². The zero-order chi connectivity index (χ0) is 18.7. The van der Waals surface area contributed by atoms with E-state index in [0.717, 1.165) is 36.3 Å². The van der Waals surface area contributed by atoms with Crippen LogP contribution in [0.4, 0.5) is 11.4 Å². The summed E-state index contributed by atoms with van der Waals surface area (Å²) in [4.78, 5) is 26.2. The summed E-state index contributed by atoms with van der Waals surface area (Å²) in [5.41, 5.74) is 6.39. The smallest absolute Gasteiger partial charge is 0.227 e. The van der Waals surface area contributed by atoms with E-state index < -0.39 is 0 Å². The lowest BCUT2D eigenvalue weighted by Crippen LogP contribution is -2.24. The van der Waals surface area contributed by atoms with Crippen molar-refractivity contribution in [3.05, 3.63) is 58.7 Å². The standard InChI is InChI=1S/C22H26N2O2/c1-15-6-8-18(13-17(15)3)9-11-21(25)23-19-10-7-16(2)20(14-19)24-12-4-5-22(24)26/h6-8,10,13-14H,4-5,9,11-12H2,1-3H3,(H,23,25). The molecule has 136 valence electrons. The van der Waals surface area contributed by atoms with Crippen LogP contribution in [0, 0.1) is 20.8 Å². The maximum absolute atomic E-state index is 12.3. The maximum atomic E-state index is 12.3. The van der Waals surface area contributed by atoms with Crippen molar-refractivity contribution in [1.82, 2.24) is 0 Å². The second-order valence-electron chi connectivity index (χ2n) is 7.12. The quantitative estimate of drug-likeness (QED) is 0.873. The summed E-state index contributed by atoms with van der Waals surface area (Å²) >= 11 is 0. The molecule has 0 aromatic heterocycles. The molecule has 26 heavy (non-hydrogen) atoms. The fourth-order valence-corrected chi connectivity index (χ4v) is 3.32. The molecule has 0 atom stereocenters. The van der Waals surface area contributed by atoms with Crippen molar-refractivity contribution in [2.45, 2.75) is 46.5 Å². The molecule has 4 heteroatoms. The highest BCUT2D eigenvalue weighted by molar-refractivity contribution is 5.97. The van der Waals surface area contributed by atoms with Crippen molar-refractivity contribution in [1.29, 1.82) is 0 Å². The summed E-state index contributed by atoms with van der Waals surface area (Å²) in [5, 5.41) is 2.97. The Hall–Kier alpha value is -2.62. The first-order valence-corrected chi connectivity index (χ1v) is 9.21. The van der Waals surface area contributed by atoms with Crippen LogP contribution in [0.15, 0.2) is 36.4 Å². The predicted octanol–water partition coefficient (Wildman–Crippen LogP) is 4.31. The highest BCUT2D eigenvalue weighted by Crippen LogP contribution is 2.28. The van der Waals surface area contributed by atoms with Gasteiger partial charge in [0.25, 0.3) is 0 Å². The summed E-state index contributed by atoms with van der Waals surface area (Å²) in [7, 11) is 0. The lowest BCUT2D eigenvalue weighted by Gasteiger charge is -2.19. The minimum atomic E-state index is -0.00854. The van der Waals surface area contributed by atoms with Crippen LogP contribution in [0.3, 0.4) is 0 Å². The van der Waals surface area contributed by atoms with Crippen LogP contribution in [0.25, 0.3) is 0 Å². The molecule has 4 nitrogen and oxygen atoms in total. The number of anilines is 2. The first-order chi connectivity index (χ1) is 12.4. The van der Waals surface area contributed by atoms with Gasteiger partial charge in [-0.2, -0.15) is 0 Å². The van der Waals surface area contributed by atoms with Gasteiger partial charge >= 0.3 is 0 Å². The van der Waals surface area contributed by atoms with Gasteiger partial charge in [0.05, 0.1) is 0 Å². The van der Waals surface area contributed by atoms with Crippen LogP contribution in [-0.4, -0.2) is 18.4 Å². The Morgan fingerprint density at radius 2 is 1.81 bits per heavy atom. The second-order valence-corrected chi connectivity index (χ2v) is 7.12. The number of amides is 2. The number of carbonyl (C=O) groups is 2. The molecule has 0 spiro atoms. The summed E-state index contributed by atoms with van der Waals surface area (Å²) in [5.74, 6) is 0.150. The molecule has 0 bridgehead atoms. The van der Waals surface area contributed by atoms with E-state index in [1.807, 2.05) is 30.0 Å². The molecule has 2 aromatic rings. The van der Waals surface area contributed by atoms with E-state index in [-0.39, 0.29) is 11.8 Å². The molecule has 1 aliphatic rings. The van der Waals surface area contributed by atoms with Crippen LogP contribution in [0.5, 0.6) is 0 Å². The second kappa shape index (κ2) is 7.73. The third kappa shape index (κ3) is 4.13. The van der Waals surface area contributed by atoms with E-state index >= 15 is 0 Å². The van der Waals surface area contributed by atoms with E-state index in [4.69, 9.17) is 0 Å². The zero-order valence-electron chi connectivity index (χ0n) is 15.8. The Balaban J connectivity index is 1.63. The molecular formula is C22H26N2O2. The fourth-order valence-electron chi connectivity index (χ4n) is 3.32. The number of benzene rings is 2. The molecule has 0 radical (unpaired) electrons. The van der Waals surface area contributed by atoms with E-state index in [9.17, 15) is 9.59 Å². The average molecular weight is 350 g/mol. The Morgan fingerprint density at radius 1 is 1.04 bits per heavy atom. The van der Waals surface area contributed by atoms with Crippen molar-refractivity contribution < 1.29 is 9.59 Å². The van der Waals surface area contributed by atoms with Gasteiger partial charge in [0, 0.05) is 30.8 Å². The van der Waals surface area contributed by atoms with Gasteiger partial charge in [-0.3, -0.25) is 9.59 Å². The van der Waals surface area contributed by atoms with Crippen molar-refractivity contribution in [2.75, 3.05) is 16.8 Å². The summed E-state index contributed by atoms with van der Waals surface area (Å²) < 4.78 is 0. The van der Waals surface area contributed by atoms with Crippen molar-refractivity contribution in [3.8, 4) is 0 Å². The molecule has 1 N–H and O–H groups in total. The number of rotatable bonds is 5. The summed E-state index contributed by atoms with van der Waals surface area (Å²) in [6.07, 6.45) is 2.65. The van der Waals surface area contributed by atoms with Gasteiger partial charge in [-0.25, -0.2) is 0 Å². The minimum Gasteiger partial charge on any atom is -0.326 e. The lowest BCUT2D eigenvalue weighted by molar-refractivity contribution is -0.117. The molecule has 0 saturated carbocycles. The van der Waals surface area contributed by atoms with Gasteiger partial charge in [0.1, 0.15) is 0 Å². The van der Waals surface area contributed by atoms with Gasteiger partial charge in [0.2, 0.25) is 11.8 Å². The molecule has 2 aromatic carbocycles.